The lowest BCUT2D eigenvalue weighted by molar-refractivity contribution is -0.116. The van der Waals surface area contributed by atoms with Gasteiger partial charge in [-0.25, -0.2) is 4.79 Å². The van der Waals surface area contributed by atoms with Crippen LogP contribution in [0.1, 0.15) is 27.2 Å². The number of methoxy groups -OCH3 is 1. The largest absolute Gasteiger partial charge is 0.465 e. The van der Waals surface area contributed by atoms with Gasteiger partial charge in [-0.15, -0.1) is 11.3 Å². The Morgan fingerprint density at radius 2 is 1.86 bits per heavy atom. The number of amides is 1. The molecule has 1 heterocycles. The van der Waals surface area contributed by atoms with E-state index >= 15 is 0 Å². The highest BCUT2D eigenvalue weighted by Crippen LogP contribution is 2.41. The first-order chi connectivity index (χ1) is 13.5. The van der Waals surface area contributed by atoms with Crippen LogP contribution in [0.25, 0.3) is 11.1 Å². The number of carbonyl (C=O) groups excluding carboxylic acids is 2. The zero-order valence-electron chi connectivity index (χ0n) is 15.6. The van der Waals surface area contributed by atoms with Gasteiger partial charge in [-0.1, -0.05) is 54.1 Å². The van der Waals surface area contributed by atoms with Gasteiger partial charge in [0.05, 0.1) is 7.11 Å². The van der Waals surface area contributed by atoms with Crippen LogP contribution in [0.3, 0.4) is 0 Å². The lowest BCUT2D eigenvalue weighted by Gasteiger charge is -2.08. The van der Waals surface area contributed by atoms with Gasteiger partial charge in [-0.3, -0.25) is 4.79 Å². The summed E-state index contributed by atoms with van der Waals surface area (Å²) in [7, 11) is 1.33. The number of hydrogen-bond acceptors (Lipinski definition) is 4. The molecule has 1 amide bonds. The summed E-state index contributed by atoms with van der Waals surface area (Å²) < 4.78 is 4.98. The summed E-state index contributed by atoms with van der Waals surface area (Å²) in [5.41, 5.74) is 3.00. The van der Waals surface area contributed by atoms with E-state index in [-0.39, 0.29) is 5.91 Å². The Kier molecular flexibility index (Phi) is 6.49. The summed E-state index contributed by atoms with van der Waals surface area (Å²) in [5, 5.41) is 3.96. The van der Waals surface area contributed by atoms with Gasteiger partial charge in [0, 0.05) is 21.9 Å². The van der Waals surface area contributed by atoms with E-state index in [1.807, 2.05) is 49.4 Å². The fourth-order valence-corrected chi connectivity index (χ4v) is 4.28. The molecule has 0 atom stereocenters. The predicted octanol–water partition coefficient (Wildman–Crippen LogP) is 5.73. The molecule has 0 fully saturated rings. The molecule has 0 aliphatic rings. The normalized spacial score (nSPS) is 10.5. The number of anilines is 1. The van der Waals surface area contributed by atoms with Crippen LogP contribution in [-0.4, -0.2) is 19.0 Å². The first-order valence-corrected chi connectivity index (χ1v) is 10.0. The van der Waals surface area contributed by atoms with Gasteiger partial charge in [0.1, 0.15) is 10.6 Å². The van der Waals surface area contributed by atoms with Gasteiger partial charge in [0.2, 0.25) is 5.91 Å². The standard InChI is InChI=1S/C22H20ClNO3S/c1-14-19(16-9-6-10-17(23)13-16)20(22(26)27-2)21(28-14)24-18(25)12-11-15-7-4-3-5-8-15/h3-10,13H,11-12H2,1-2H3,(H,24,25). The van der Waals surface area contributed by atoms with Crippen LogP contribution in [0, 0.1) is 6.92 Å². The van der Waals surface area contributed by atoms with Gasteiger partial charge in [0.15, 0.2) is 0 Å². The molecule has 144 valence electrons. The third-order valence-electron chi connectivity index (χ3n) is 4.32. The number of carbonyl (C=O) groups is 2. The fraction of sp³-hybridized carbons (Fsp3) is 0.182. The Bertz CT molecular complexity index is 998. The minimum Gasteiger partial charge on any atom is -0.465 e. The molecule has 1 aromatic heterocycles. The second-order valence-electron chi connectivity index (χ2n) is 6.27. The zero-order valence-corrected chi connectivity index (χ0v) is 17.2. The van der Waals surface area contributed by atoms with E-state index < -0.39 is 5.97 Å². The molecule has 3 rings (SSSR count). The van der Waals surface area contributed by atoms with Gasteiger partial charge < -0.3 is 10.1 Å². The van der Waals surface area contributed by atoms with E-state index in [2.05, 4.69) is 5.32 Å². The lowest BCUT2D eigenvalue weighted by atomic mass is 10.0. The number of rotatable bonds is 6. The Morgan fingerprint density at radius 1 is 1.11 bits per heavy atom. The van der Waals surface area contributed by atoms with Gasteiger partial charge >= 0.3 is 5.97 Å². The summed E-state index contributed by atoms with van der Waals surface area (Å²) in [5.74, 6) is -0.634. The third-order valence-corrected chi connectivity index (χ3v) is 5.58. The summed E-state index contributed by atoms with van der Waals surface area (Å²) >= 11 is 7.48. The quantitative estimate of drug-likeness (QED) is 0.524. The van der Waals surface area contributed by atoms with Crippen LogP contribution in [0.15, 0.2) is 54.6 Å². The van der Waals surface area contributed by atoms with Crippen molar-refractivity contribution in [3.63, 3.8) is 0 Å². The first-order valence-electron chi connectivity index (χ1n) is 8.81. The van der Waals surface area contributed by atoms with Crippen LogP contribution in [0.2, 0.25) is 5.02 Å². The molecule has 0 bridgehead atoms. The van der Waals surface area contributed by atoms with E-state index in [4.69, 9.17) is 16.3 Å². The number of aryl methyl sites for hydroxylation is 2. The van der Waals surface area contributed by atoms with Crippen molar-refractivity contribution in [2.24, 2.45) is 0 Å². The Hall–Kier alpha value is -2.63. The number of ether oxygens (including phenoxy) is 1. The maximum absolute atomic E-state index is 12.5. The Morgan fingerprint density at radius 3 is 2.54 bits per heavy atom. The number of benzene rings is 2. The van der Waals surface area contributed by atoms with Gasteiger partial charge in [-0.2, -0.15) is 0 Å². The molecule has 6 heteroatoms. The molecular formula is C22H20ClNO3S. The molecule has 2 aromatic carbocycles. The van der Waals surface area contributed by atoms with Gasteiger partial charge in [0.25, 0.3) is 0 Å². The highest BCUT2D eigenvalue weighted by molar-refractivity contribution is 7.17. The monoisotopic (exact) mass is 413 g/mol. The van der Waals surface area contributed by atoms with Crippen molar-refractivity contribution in [3.05, 3.63) is 75.6 Å². The fourth-order valence-electron chi connectivity index (χ4n) is 3.01. The van der Waals surface area contributed by atoms with Crippen molar-refractivity contribution >= 4 is 39.8 Å². The van der Waals surface area contributed by atoms with E-state index in [1.165, 1.54) is 18.4 Å². The van der Waals surface area contributed by atoms with Crippen molar-refractivity contribution in [3.8, 4) is 11.1 Å². The molecule has 0 saturated heterocycles. The van der Waals surface area contributed by atoms with Crippen molar-refractivity contribution in [1.29, 1.82) is 0 Å². The maximum atomic E-state index is 12.5. The van der Waals surface area contributed by atoms with Crippen LogP contribution in [0.5, 0.6) is 0 Å². The van der Waals surface area contributed by atoms with Gasteiger partial charge in [-0.05, 0) is 36.6 Å². The number of hydrogen-bond donors (Lipinski definition) is 1. The SMILES string of the molecule is COC(=O)c1c(NC(=O)CCc2ccccc2)sc(C)c1-c1cccc(Cl)c1. The Balaban J connectivity index is 1.87. The topological polar surface area (TPSA) is 55.4 Å². The summed E-state index contributed by atoms with van der Waals surface area (Å²) in [6.07, 6.45) is 0.958. The van der Waals surface area contributed by atoms with Crippen molar-refractivity contribution in [2.45, 2.75) is 19.8 Å². The van der Waals surface area contributed by atoms with Crippen LogP contribution >= 0.6 is 22.9 Å². The van der Waals surface area contributed by atoms with Crippen LogP contribution < -0.4 is 5.32 Å². The highest BCUT2D eigenvalue weighted by atomic mass is 35.5. The van der Waals surface area contributed by atoms with Crippen LogP contribution in [0.4, 0.5) is 5.00 Å². The van der Waals surface area contributed by atoms with Crippen LogP contribution in [-0.2, 0) is 16.0 Å². The molecule has 28 heavy (non-hydrogen) atoms. The number of nitrogens with one attached hydrogen (secondary N) is 1. The average Bonchev–Trinajstić information content (AvgIpc) is 3.02. The molecule has 0 saturated carbocycles. The summed E-state index contributed by atoms with van der Waals surface area (Å²) in [4.78, 5) is 25.9. The van der Waals surface area contributed by atoms with E-state index in [1.54, 1.807) is 12.1 Å². The molecule has 0 radical (unpaired) electrons. The van der Waals surface area contributed by atoms with Crippen molar-refractivity contribution in [2.75, 3.05) is 12.4 Å². The molecule has 3 aromatic rings. The smallest absolute Gasteiger partial charge is 0.341 e. The molecule has 0 unspecified atom stereocenters. The third kappa shape index (κ3) is 4.61. The van der Waals surface area contributed by atoms with Crippen molar-refractivity contribution in [1.82, 2.24) is 0 Å². The second kappa shape index (κ2) is 9.04. The minimum atomic E-state index is -0.488. The van der Waals surface area contributed by atoms with Crippen molar-refractivity contribution < 1.29 is 14.3 Å². The van der Waals surface area contributed by atoms with E-state index in [0.29, 0.717) is 28.4 Å². The number of halogens is 1. The van der Waals surface area contributed by atoms with E-state index in [0.717, 1.165) is 21.6 Å². The molecule has 4 nitrogen and oxygen atoms in total. The average molecular weight is 414 g/mol. The highest BCUT2D eigenvalue weighted by Gasteiger charge is 2.25. The first kappa shape index (κ1) is 20.1. The number of esters is 1. The molecule has 1 N–H and O–H groups in total. The maximum Gasteiger partial charge on any atom is 0.341 e. The molecule has 0 spiro atoms. The molecular weight excluding hydrogens is 394 g/mol. The summed E-state index contributed by atoms with van der Waals surface area (Å²) in [6, 6.07) is 17.1. The number of thiophene rings is 1. The zero-order chi connectivity index (χ0) is 20.1. The minimum absolute atomic E-state index is 0.145. The predicted molar refractivity (Wildman–Crippen MR) is 114 cm³/mol. The lowest BCUT2D eigenvalue weighted by Crippen LogP contribution is -2.14. The van der Waals surface area contributed by atoms with E-state index in [9.17, 15) is 9.59 Å². The molecule has 0 aliphatic heterocycles. The molecule has 0 aliphatic carbocycles. The second-order valence-corrected chi connectivity index (χ2v) is 7.93. The Labute approximate surface area is 173 Å². The summed E-state index contributed by atoms with van der Waals surface area (Å²) in [6.45, 7) is 1.91.